The van der Waals surface area contributed by atoms with Crippen LogP contribution in [0.1, 0.15) is 36.0 Å². The smallest absolute Gasteiger partial charge is 0.294 e. The molecule has 0 bridgehead atoms. The molecule has 0 aromatic heterocycles. The molecule has 1 aliphatic rings. The lowest BCUT2D eigenvalue weighted by atomic mass is 9.90. The molecule has 2 unspecified atom stereocenters. The van der Waals surface area contributed by atoms with E-state index in [4.69, 9.17) is 5.73 Å². The summed E-state index contributed by atoms with van der Waals surface area (Å²) >= 11 is 3.21. The zero-order valence-electron chi connectivity index (χ0n) is 12.3. The van der Waals surface area contributed by atoms with Crippen molar-refractivity contribution in [2.75, 3.05) is 12.4 Å². The van der Waals surface area contributed by atoms with E-state index >= 15 is 0 Å². The van der Waals surface area contributed by atoms with Crippen LogP contribution >= 0.6 is 15.9 Å². The van der Waals surface area contributed by atoms with Crippen LogP contribution < -0.4 is 16.4 Å². The van der Waals surface area contributed by atoms with Crippen molar-refractivity contribution >= 4 is 33.2 Å². The van der Waals surface area contributed by atoms with Crippen molar-refractivity contribution in [3.63, 3.8) is 0 Å². The highest BCUT2D eigenvalue weighted by Crippen LogP contribution is 2.34. The minimum Gasteiger partial charge on any atom is -0.375 e. The molecule has 1 aromatic rings. The van der Waals surface area contributed by atoms with Gasteiger partial charge in [-0.25, -0.2) is 0 Å². The SMILES string of the molecule is CNC(=O)c1cc(Br)cc([N+](=O)[O-])c1NC1CCCCC1N. The van der Waals surface area contributed by atoms with Gasteiger partial charge >= 0.3 is 0 Å². The Balaban J connectivity index is 2.45. The Kier molecular flexibility index (Phi) is 5.36. The van der Waals surface area contributed by atoms with Crippen molar-refractivity contribution in [3.05, 3.63) is 32.3 Å². The molecule has 2 rings (SSSR count). The lowest BCUT2D eigenvalue weighted by Gasteiger charge is -2.30. The fraction of sp³-hybridized carbons (Fsp3) is 0.500. The van der Waals surface area contributed by atoms with Gasteiger partial charge in [0.2, 0.25) is 0 Å². The van der Waals surface area contributed by atoms with Gasteiger partial charge < -0.3 is 16.4 Å². The van der Waals surface area contributed by atoms with Crippen LogP contribution in [0.25, 0.3) is 0 Å². The van der Waals surface area contributed by atoms with Gasteiger partial charge in [0.1, 0.15) is 5.69 Å². The number of nitro benzene ring substituents is 1. The molecule has 0 spiro atoms. The van der Waals surface area contributed by atoms with Crippen LogP contribution in [-0.2, 0) is 0 Å². The molecule has 7 nitrogen and oxygen atoms in total. The first kappa shape index (κ1) is 16.7. The number of halogens is 1. The number of nitrogens with one attached hydrogen (secondary N) is 2. The number of hydrogen-bond donors (Lipinski definition) is 3. The number of hydrogen-bond acceptors (Lipinski definition) is 5. The first-order valence-electron chi connectivity index (χ1n) is 7.16. The second-order valence-electron chi connectivity index (χ2n) is 5.38. The molecule has 2 atom stereocenters. The zero-order valence-corrected chi connectivity index (χ0v) is 13.9. The van der Waals surface area contributed by atoms with Crippen LogP contribution in [0.5, 0.6) is 0 Å². The third kappa shape index (κ3) is 3.56. The lowest BCUT2D eigenvalue weighted by molar-refractivity contribution is -0.384. The first-order chi connectivity index (χ1) is 10.4. The van der Waals surface area contributed by atoms with Crippen LogP contribution in [0, 0.1) is 10.1 Å². The molecular formula is C14H19BrN4O3. The second kappa shape index (κ2) is 7.06. The van der Waals surface area contributed by atoms with Crippen LogP contribution in [0.2, 0.25) is 0 Å². The average molecular weight is 371 g/mol. The number of nitrogens with two attached hydrogens (primary N) is 1. The zero-order chi connectivity index (χ0) is 16.3. The van der Waals surface area contributed by atoms with Gasteiger partial charge in [-0.1, -0.05) is 28.8 Å². The summed E-state index contributed by atoms with van der Waals surface area (Å²) in [4.78, 5) is 22.9. The summed E-state index contributed by atoms with van der Waals surface area (Å²) in [6.07, 6.45) is 3.79. The molecule has 0 radical (unpaired) electrons. The number of rotatable bonds is 4. The summed E-state index contributed by atoms with van der Waals surface area (Å²) in [6.45, 7) is 0. The van der Waals surface area contributed by atoms with Gasteiger partial charge in [-0.15, -0.1) is 0 Å². The van der Waals surface area contributed by atoms with E-state index in [1.54, 1.807) is 6.07 Å². The Bertz CT molecular complexity index is 594. The number of nitro groups is 1. The Hall–Kier alpha value is -1.67. The van der Waals surface area contributed by atoms with E-state index in [-0.39, 0.29) is 34.9 Å². The summed E-state index contributed by atoms with van der Waals surface area (Å²) in [5, 5.41) is 17.0. The maximum absolute atomic E-state index is 12.1. The van der Waals surface area contributed by atoms with Crippen LogP contribution in [-0.4, -0.2) is 30.0 Å². The second-order valence-corrected chi connectivity index (χ2v) is 6.30. The maximum atomic E-state index is 12.1. The quantitative estimate of drug-likeness (QED) is 0.556. The van der Waals surface area contributed by atoms with Crippen molar-refractivity contribution < 1.29 is 9.72 Å². The van der Waals surface area contributed by atoms with Gasteiger partial charge in [-0.3, -0.25) is 14.9 Å². The minimum absolute atomic E-state index is 0.0722. The molecule has 120 valence electrons. The number of carbonyl (C=O) groups is 1. The van der Waals surface area contributed by atoms with E-state index in [1.165, 1.54) is 13.1 Å². The molecule has 0 heterocycles. The van der Waals surface area contributed by atoms with E-state index in [1.807, 2.05) is 0 Å². The van der Waals surface area contributed by atoms with Crippen LogP contribution in [0.4, 0.5) is 11.4 Å². The number of carbonyl (C=O) groups excluding carboxylic acids is 1. The summed E-state index contributed by atoms with van der Waals surface area (Å²) in [6, 6.07) is 2.82. The van der Waals surface area contributed by atoms with E-state index < -0.39 is 4.92 Å². The standard InChI is InChI=1S/C14H19BrN4O3/c1-17-14(20)9-6-8(15)7-12(19(21)22)13(9)18-11-5-3-2-4-10(11)16/h6-7,10-11,18H,2-5,16H2,1H3,(H,17,20). The topological polar surface area (TPSA) is 110 Å². The molecule has 4 N–H and O–H groups in total. The Labute approximate surface area is 136 Å². The van der Waals surface area contributed by atoms with Crippen molar-refractivity contribution in [2.45, 2.75) is 37.8 Å². The number of benzene rings is 1. The number of anilines is 1. The predicted octanol–water partition coefficient (Wildman–Crippen LogP) is 2.40. The molecule has 0 saturated heterocycles. The van der Waals surface area contributed by atoms with Crippen molar-refractivity contribution in [2.24, 2.45) is 5.73 Å². The summed E-state index contributed by atoms with van der Waals surface area (Å²) in [5.74, 6) is -0.378. The Morgan fingerprint density at radius 2 is 2.09 bits per heavy atom. The van der Waals surface area contributed by atoms with Crippen molar-refractivity contribution in [3.8, 4) is 0 Å². The fourth-order valence-electron chi connectivity index (χ4n) is 2.73. The van der Waals surface area contributed by atoms with Crippen molar-refractivity contribution in [1.29, 1.82) is 0 Å². The Morgan fingerprint density at radius 1 is 1.41 bits per heavy atom. The molecule has 22 heavy (non-hydrogen) atoms. The van der Waals surface area contributed by atoms with E-state index in [2.05, 4.69) is 26.6 Å². The molecule has 0 aliphatic heterocycles. The van der Waals surface area contributed by atoms with Crippen LogP contribution in [0.3, 0.4) is 0 Å². The van der Waals surface area contributed by atoms with E-state index in [0.29, 0.717) is 4.47 Å². The summed E-state index contributed by atoms with van der Waals surface area (Å²) in [5.41, 5.74) is 6.43. The largest absolute Gasteiger partial charge is 0.375 e. The first-order valence-corrected chi connectivity index (χ1v) is 7.95. The van der Waals surface area contributed by atoms with E-state index in [9.17, 15) is 14.9 Å². The Morgan fingerprint density at radius 3 is 2.68 bits per heavy atom. The van der Waals surface area contributed by atoms with Gasteiger partial charge in [0, 0.05) is 29.7 Å². The maximum Gasteiger partial charge on any atom is 0.294 e. The third-order valence-corrected chi connectivity index (χ3v) is 4.36. The molecule has 8 heteroatoms. The van der Waals surface area contributed by atoms with Crippen molar-refractivity contribution in [1.82, 2.24) is 5.32 Å². The van der Waals surface area contributed by atoms with Crippen LogP contribution in [0.15, 0.2) is 16.6 Å². The highest BCUT2D eigenvalue weighted by atomic mass is 79.9. The van der Waals surface area contributed by atoms with Gasteiger partial charge in [0.05, 0.1) is 10.5 Å². The van der Waals surface area contributed by atoms with Gasteiger partial charge in [0.15, 0.2) is 0 Å². The average Bonchev–Trinajstić information content (AvgIpc) is 2.49. The minimum atomic E-state index is -0.492. The molecule has 1 aromatic carbocycles. The molecule has 1 saturated carbocycles. The fourth-order valence-corrected chi connectivity index (χ4v) is 3.17. The molecular weight excluding hydrogens is 352 g/mol. The summed E-state index contributed by atoms with van der Waals surface area (Å²) in [7, 11) is 1.49. The van der Waals surface area contributed by atoms with Gasteiger partial charge in [-0.2, -0.15) is 0 Å². The molecule has 1 amide bonds. The number of nitrogens with zero attached hydrogens (tertiary/aromatic N) is 1. The van der Waals surface area contributed by atoms with E-state index in [0.717, 1.165) is 25.7 Å². The molecule has 1 aliphatic carbocycles. The monoisotopic (exact) mass is 370 g/mol. The van der Waals surface area contributed by atoms with Gasteiger partial charge in [0.25, 0.3) is 11.6 Å². The highest BCUT2D eigenvalue weighted by Gasteiger charge is 2.28. The third-order valence-electron chi connectivity index (χ3n) is 3.90. The summed E-state index contributed by atoms with van der Waals surface area (Å²) < 4.78 is 0.483. The predicted molar refractivity (Wildman–Crippen MR) is 88.0 cm³/mol. The highest BCUT2D eigenvalue weighted by molar-refractivity contribution is 9.10. The number of amides is 1. The molecule has 1 fully saturated rings. The normalized spacial score (nSPS) is 21.2. The van der Waals surface area contributed by atoms with Gasteiger partial charge in [-0.05, 0) is 18.9 Å². The lowest BCUT2D eigenvalue weighted by Crippen LogP contribution is -2.43.